The van der Waals surface area contributed by atoms with E-state index in [1.165, 1.54) is 0 Å². The minimum Gasteiger partial charge on any atom is -0.448 e. The van der Waals surface area contributed by atoms with E-state index in [2.05, 4.69) is 0 Å². The van der Waals surface area contributed by atoms with Crippen LogP contribution >= 0.6 is 0 Å². The van der Waals surface area contributed by atoms with E-state index in [4.69, 9.17) is 9.47 Å². The lowest BCUT2D eigenvalue weighted by atomic mass is 9.16. The first-order valence-corrected chi connectivity index (χ1v) is 7.64. The number of rotatable bonds is 2. The minimum absolute atomic E-state index is 0.188. The average Bonchev–Trinajstić information content (AvgIpc) is 2.38. The molecular formula is C14H18N2O4. The molecule has 0 aromatic carbocycles. The van der Waals surface area contributed by atoms with Gasteiger partial charge in [0, 0.05) is 0 Å². The van der Waals surface area contributed by atoms with Gasteiger partial charge < -0.3 is 9.47 Å². The molecule has 6 heteroatoms. The van der Waals surface area contributed by atoms with E-state index in [-0.39, 0.29) is 24.3 Å². The van der Waals surface area contributed by atoms with Crippen molar-refractivity contribution in [1.82, 2.24) is 10.0 Å². The van der Waals surface area contributed by atoms with Crippen molar-refractivity contribution in [3.63, 3.8) is 0 Å². The number of ether oxygens (including phenoxy) is 2. The van der Waals surface area contributed by atoms with Gasteiger partial charge in [-0.25, -0.2) is 19.6 Å². The highest BCUT2D eigenvalue weighted by molar-refractivity contribution is 5.77. The van der Waals surface area contributed by atoms with Gasteiger partial charge in [0.25, 0.3) is 0 Å². The third-order valence-electron chi connectivity index (χ3n) is 6.40. The number of hydrogen-bond acceptors (Lipinski definition) is 4. The molecule has 2 heterocycles. The molecule has 6 fully saturated rings. The van der Waals surface area contributed by atoms with Crippen LogP contribution in [0.3, 0.4) is 0 Å². The Balaban J connectivity index is 1.48. The summed E-state index contributed by atoms with van der Waals surface area (Å²) in [5.74, 6) is 4.16. The Labute approximate surface area is 116 Å². The molecule has 4 saturated carbocycles. The molecule has 6 nitrogen and oxygen atoms in total. The van der Waals surface area contributed by atoms with Crippen LogP contribution in [0.25, 0.3) is 0 Å². The number of hydrogen-bond donors (Lipinski definition) is 0. The summed E-state index contributed by atoms with van der Waals surface area (Å²) in [6, 6.07) is 0.377. The number of fused-ring (bicyclic) bond motifs is 1. The number of carbonyl (C=O) groups is 2. The molecule has 4 unspecified atom stereocenters. The standard InChI is InChI=1S/C14H18N2O4/c1-3-19-13(17)15-11-7-5-6-9(7)12(10(6)8(5)11)16(15)14(18)20-4-2/h5-12H,3-4H2,1-2H3. The Bertz CT molecular complexity index is 457. The van der Waals surface area contributed by atoms with Crippen molar-refractivity contribution in [2.75, 3.05) is 13.2 Å². The second kappa shape index (κ2) is 3.23. The van der Waals surface area contributed by atoms with Gasteiger partial charge in [-0.05, 0) is 49.4 Å². The maximum absolute atomic E-state index is 12.3. The van der Waals surface area contributed by atoms with E-state index in [0.29, 0.717) is 36.9 Å². The number of nitrogens with zero attached hydrogens (tertiary/aromatic N) is 2. The van der Waals surface area contributed by atoms with E-state index in [1.807, 2.05) is 0 Å². The number of hydrazine groups is 1. The fourth-order valence-corrected chi connectivity index (χ4v) is 6.06. The fraction of sp³-hybridized carbons (Fsp3) is 0.857. The smallest absolute Gasteiger partial charge is 0.429 e. The first-order valence-electron chi connectivity index (χ1n) is 7.64. The van der Waals surface area contributed by atoms with E-state index in [1.54, 1.807) is 23.9 Å². The van der Waals surface area contributed by atoms with Crippen LogP contribution in [-0.2, 0) is 9.47 Å². The van der Waals surface area contributed by atoms with Crippen LogP contribution in [0.5, 0.6) is 0 Å². The molecule has 0 spiro atoms. The predicted molar refractivity (Wildman–Crippen MR) is 66.2 cm³/mol. The topological polar surface area (TPSA) is 59.1 Å². The Kier molecular flexibility index (Phi) is 1.81. The lowest BCUT2D eigenvalue weighted by Crippen LogP contribution is -3.00. The molecule has 0 aromatic heterocycles. The van der Waals surface area contributed by atoms with Crippen molar-refractivity contribution in [2.45, 2.75) is 25.9 Å². The first kappa shape index (κ1) is 11.2. The lowest BCUT2D eigenvalue weighted by Gasteiger charge is -2.94. The summed E-state index contributed by atoms with van der Waals surface area (Å²) >= 11 is 0. The van der Waals surface area contributed by atoms with E-state index >= 15 is 0 Å². The zero-order valence-electron chi connectivity index (χ0n) is 11.6. The van der Waals surface area contributed by atoms with Crippen molar-refractivity contribution < 1.29 is 19.1 Å². The van der Waals surface area contributed by atoms with Gasteiger partial charge in [-0.2, -0.15) is 0 Å². The van der Waals surface area contributed by atoms with Crippen LogP contribution in [-0.4, -0.2) is 47.5 Å². The summed E-state index contributed by atoms with van der Waals surface area (Å²) in [5.41, 5.74) is 0. The maximum Gasteiger partial charge on any atom is 0.429 e. The Morgan fingerprint density at radius 1 is 0.750 bits per heavy atom. The van der Waals surface area contributed by atoms with Crippen molar-refractivity contribution in [3.8, 4) is 0 Å². The van der Waals surface area contributed by atoms with Crippen LogP contribution < -0.4 is 0 Å². The van der Waals surface area contributed by atoms with Gasteiger partial charge in [0.1, 0.15) is 0 Å². The molecule has 0 N–H and O–H groups in total. The van der Waals surface area contributed by atoms with Gasteiger partial charge in [-0.15, -0.1) is 0 Å². The van der Waals surface area contributed by atoms with Gasteiger partial charge in [-0.1, -0.05) is 0 Å². The summed E-state index contributed by atoms with van der Waals surface area (Å²) in [6.45, 7) is 4.24. The highest BCUT2D eigenvalue weighted by atomic mass is 16.6. The van der Waals surface area contributed by atoms with E-state index in [0.717, 1.165) is 11.8 Å². The molecule has 0 radical (unpaired) electrons. The molecule has 0 aromatic rings. The zero-order chi connectivity index (χ0) is 13.8. The van der Waals surface area contributed by atoms with Crippen LogP contribution in [0.4, 0.5) is 9.59 Å². The molecular weight excluding hydrogens is 260 g/mol. The molecule has 2 aliphatic heterocycles. The second-order valence-corrected chi connectivity index (χ2v) is 6.53. The van der Waals surface area contributed by atoms with E-state index in [9.17, 15) is 9.59 Å². The SMILES string of the molecule is CCOC(=O)N1C2C3C4C5C3C(C5C42)N1C(=O)OCC. The lowest BCUT2D eigenvalue weighted by molar-refractivity contribution is -0.482. The molecule has 2 saturated heterocycles. The average molecular weight is 278 g/mol. The normalized spacial score (nSPS) is 51.1. The molecule has 6 aliphatic rings. The van der Waals surface area contributed by atoms with Crippen molar-refractivity contribution in [3.05, 3.63) is 0 Å². The van der Waals surface area contributed by atoms with Gasteiger partial charge in [0.05, 0.1) is 25.3 Å². The van der Waals surface area contributed by atoms with Crippen molar-refractivity contribution >= 4 is 12.2 Å². The first-order chi connectivity index (χ1) is 9.72. The van der Waals surface area contributed by atoms with Gasteiger partial charge in [-0.3, -0.25) is 0 Å². The molecule has 2 amide bonds. The minimum atomic E-state index is -0.388. The van der Waals surface area contributed by atoms with Gasteiger partial charge in [0.2, 0.25) is 0 Å². The largest absolute Gasteiger partial charge is 0.448 e. The van der Waals surface area contributed by atoms with Crippen LogP contribution in [0.1, 0.15) is 13.8 Å². The quantitative estimate of drug-likeness (QED) is 0.764. The Morgan fingerprint density at radius 2 is 1.10 bits per heavy atom. The Hall–Kier alpha value is -1.46. The molecule has 6 rings (SSSR count). The zero-order valence-corrected chi connectivity index (χ0v) is 11.6. The molecule has 20 heavy (non-hydrogen) atoms. The predicted octanol–water partition coefficient (Wildman–Crippen LogP) is 1.32. The van der Waals surface area contributed by atoms with Crippen LogP contribution in [0.15, 0.2) is 0 Å². The summed E-state index contributed by atoms with van der Waals surface area (Å²) in [7, 11) is 0. The van der Waals surface area contributed by atoms with Crippen molar-refractivity contribution in [1.29, 1.82) is 0 Å². The number of carbonyl (C=O) groups excluding carboxylic acids is 2. The summed E-state index contributed by atoms with van der Waals surface area (Å²) < 4.78 is 10.3. The third-order valence-corrected chi connectivity index (χ3v) is 6.40. The maximum atomic E-state index is 12.3. The third kappa shape index (κ3) is 0.850. The molecule has 2 bridgehead atoms. The van der Waals surface area contributed by atoms with Crippen LogP contribution in [0.2, 0.25) is 0 Å². The van der Waals surface area contributed by atoms with E-state index < -0.39 is 0 Å². The highest BCUT2D eigenvalue weighted by Gasteiger charge is 2.92. The fourth-order valence-electron chi connectivity index (χ4n) is 6.06. The summed E-state index contributed by atoms with van der Waals surface area (Å²) in [6.07, 6.45) is -0.775. The summed E-state index contributed by atoms with van der Waals surface area (Å²) in [5, 5.41) is 3.17. The molecule has 4 atom stereocenters. The highest BCUT2D eigenvalue weighted by Crippen LogP contribution is 2.87. The van der Waals surface area contributed by atoms with Crippen molar-refractivity contribution in [2.24, 2.45) is 35.5 Å². The monoisotopic (exact) mass is 278 g/mol. The van der Waals surface area contributed by atoms with Gasteiger partial charge >= 0.3 is 12.2 Å². The van der Waals surface area contributed by atoms with Gasteiger partial charge in [0.15, 0.2) is 0 Å². The second-order valence-electron chi connectivity index (χ2n) is 6.53. The Morgan fingerprint density at radius 3 is 1.40 bits per heavy atom. The number of amides is 2. The molecule has 108 valence electrons. The molecule has 4 aliphatic carbocycles. The summed E-state index contributed by atoms with van der Waals surface area (Å²) in [4.78, 5) is 24.5. The van der Waals surface area contributed by atoms with Crippen LogP contribution in [0, 0.1) is 35.5 Å².